The molecule has 1 amide bonds. The lowest BCUT2D eigenvalue weighted by molar-refractivity contribution is -0.128. The van der Waals surface area contributed by atoms with Crippen molar-refractivity contribution in [2.45, 2.75) is 17.4 Å². The Morgan fingerprint density at radius 2 is 2.25 bits per heavy atom. The topological polar surface area (TPSA) is 32.7 Å². The molecule has 1 aliphatic heterocycles. The molecule has 4 heteroatoms. The van der Waals surface area contributed by atoms with Gasteiger partial charge in [0.05, 0.1) is 4.05 Å². The predicted molar refractivity (Wildman–Crippen MR) is 75.7 cm³/mol. The third-order valence-corrected chi connectivity index (χ3v) is 3.05. The van der Waals surface area contributed by atoms with Gasteiger partial charge in [-0.3, -0.25) is 9.79 Å². The van der Waals surface area contributed by atoms with Crippen molar-refractivity contribution in [3.8, 4) is 0 Å². The van der Waals surface area contributed by atoms with Crippen LogP contribution in [0.4, 0.5) is 0 Å². The zero-order chi connectivity index (χ0) is 12.1. The van der Waals surface area contributed by atoms with Crippen LogP contribution in [0.5, 0.6) is 0 Å². The van der Waals surface area contributed by atoms with Gasteiger partial charge in [-0.25, -0.2) is 0 Å². The summed E-state index contributed by atoms with van der Waals surface area (Å²) in [5.74, 6) is -0.0267. The van der Waals surface area contributed by atoms with Crippen LogP contribution in [0.2, 0.25) is 0 Å². The van der Waals surface area contributed by atoms with Crippen LogP contribution in [-0.4, -0.2) is 27.6 Å². The zero-order valence-electron chi connectivity index (χ0n) is 9.32. The second kappa shape index (κ2) is 5.98. The maximum absolute atomic E-state index is 12.1. The fraction of sp³-hybridized carbons (Fsp3) is 0.333. The van der Waals surface area contributed by atoms with Crippen molar-refractivity contribution in [1.82, 2.24) is 4.90 Å². The number of rotatable bonds is 4. The number of hydrogen-bond acceptors (Lipinski definition) is 2. The molecule has 0 aromatic heterocycles. The first-order chi connectivity index (χ1) is 7.61. The average molecular weight is 330 g/mol. The van der Waals surface area contributed by atoms with E-state index in [2.05, 4.69) is 40.7 Å². The van der Waals surface area contributed by atoms with Crippen LogP contribution >= 0.6 is 22.6 Å². The molecule has 1 heterocycles. The quantitative estimate of drug-likeness (QED) is 0.338. The van der Waals surface area contributed by atoms with Gasteiger partial charge in [0.1, 0.15) is 5.70 Å². The molecule has 16 heavy (non-hydrogen) atoms. The Morgan fingerprint density at radius 1 is 1.56 bits per heavy atom. The fourth-order valence-corrected chi connectivity index (χ4v) is 2.07. The molecule has 0 aromatic rings. The first-order valence-electron chi connectivity index (χ1n) is 5.07. The van der Waals surface area contributed by atoms with Gasteiger partial charge in [-0.15, -0.1) is 0 Å². The van der Waals surface area contributed by atoms with E-state index in [4.69, 9.17) is 0 Å². The lowest BCUT2D eigenvalue weighted by Crippen LogP contribution is -2.40. The lowest BCUT2D eigenvalue weighted by atomic mass is 10.0. The minimum Gasteiger partial charge on any atom is -0.325 e. The van der Waals surface area contributed by atoms with E-state index in [1.807, 2.05) is 11.8 Å². The first kappa shape index (κ1) is 13.2. The highest BCUT2D eigenvalue weighted by Gasteiger charge is 2.27. The Hall–Kier alpha value is -0.910. The highest BCUT2D eigenvalue weighted by atomic mass is 127. The standard InChI is InChI=1S/C12H15IN2O/c1-4-7-14-11-10(5-2)6-8-15(9(3)13)12(11)16/h4-5,7,9H,1-2,6,8H2,3H3/b14-7-. The number of carbonyl (C=O) groups is 1. The van der Waals surface area contributed by atoms with Crippen molar-refractivity contribution in [2.24, 2.45) is 4.99 Å². The van der Waals surface area contributed by atoms with Crippen molar-refractivity contribution < 1.29 is 4.79 Å². The Balaban J connectivity index is 3.07. The van der Waals surface area contributed by atoms with Crippen LogP contribution in [0.25, 0.3) is 0 Å². The van der Waals surface area contributed by atoms with Crippen molar-refractivity contribution in [3.05, 3.63) is 36.6 Å². The highest BCUT2D eigenvalue weighted by molar-refractivity contribution is 14.1. The maximum atomic E-state index is 12.1. The lowest BCUT2D eigenvalue weighted by Gasteiger charge is -2.30. The van der Waals surface area contributed by atoms with E-state index in [-0.39, 0.29) is 9.96 Å². The molecular formula is C12H15IN2O. The van der Waals surface area contributed by atoms with Gasteiger partial charge in [-0.2, -0.15) is 0 Å². The van der Waals surface area contributed by atoms with Gasteiger partial charge in [0.15, 0.2) is 0 Å². The molecule has 0 saturated heterocycles. The summed E-state index contributed by atoms with van der Waals surface area (Å²) >= 11 is 2.23. The van der Waals surface area contributed by atoms with Crippen LogP contribution in [0.3, 0.4) is 0 Å². The van der Waals surface area contributed by atoms with E-state index in [1.165, 1.54) is 6.21 Å². The van der Waals surface area contributed by atoms with Gasteiger partial charge in [0, 0.05) is 12.8 Å². The van der Waals surface area contributed by atoms with Gasteiger partial charge < -0.3 is 4.90 Å². The van der Waals surface area contributed by atoms with Crippen molar-refractivity contribution >= 4 is 34.7 Å². The molecule has 0 aromatic carbocycles. The van der Waals surface area contributed by atoms with E-state index < -0.39 is 0 Å². The van der Waals surface area contributed by atoms with E-state index in [1.54, 1.807) is 12.2 Å². The van der Waals surface area contributed by atoms with E-state index >= 15 is 0 Å². The minimum atomic E-state index is -0.0267. The van der Waals surface area contributed by atoms with Crippen LogP contribution in [0, 0.1) is 0 Å². The summed E-state index contributed by atoms with van der Waals surface area (Å²) < 4.78 is 0.172. The Kier molecular flexibility index (Phi) is 4.92. The molecule has 1 unspecified atom stereocenters. The van der Waals surface area contributed by atoms with Crippen LogP contribution in [0.15, 0.2) is 41.6 Å². The molecule has 1 aliphatic rings. The summed E-state index contributed by atoms with van der Waals surface area (Å²) in [5.41, 5.74) is 1.40. The van der Waals surface area contributed by atoms with Gasteiger partial charge in [0.25, 0.3) is 5.91 Å². The summed E-state index contributed by atoms with van der Waals surface area (Å²) in [7, 11) is 0. The monoisotopic (exact) mass is 330 g/mol. The predicted octanol–water partition coefficient (Wildman–Crippen LogP) is 2.70. The number of hydrogen-bond donors (Lipinski definition) is 0. The number of halogens is 1. The van der Waals surface area contributed by atoms with E-state index in [0.717, 1.165) is 18.5 Å². The van der Waals surface area contributed by atoms with Gasteiger partial charge in [-0.1, -0.05) is 47.9 Å². The largest absolute Gasteiger partial charge is 0.325 e. The summed E-state index contributed by atoms with van der Waals surface area (Å²) in [6.45, 7) is 9.99. The van der Waals surface area contributed by atoms with Crippen molar-refractivity contribution in [1.29, 1.82) is 0 Å². The molecule has 86 valence electrons. The number of allylic oxidation sites excluding steroid dienone is 2. The third kappa shape index (κ3) is 2.81. The smallest absolute Gasteiger partial charge is 0.273 e. The van der Waals surface area contributed by atoms with E-state index in [0.29, 0.717) is 5.70 Å². The Morgan fingerprint density at radius 3 is 2.75 bits per heavy atom. The molecule has 0 fully saturated rings. The molecule has 0 N–H and O–H groups in total. The molecule has 1 rings (SSSR count). The summed E-state index contributed by atoms with van der Waals surface area (Å²) in [6, 6.07) is 0. The number of amides is 1. The highest BCUT2D eigenvalue weighted by Crippen LogP contribution is 2.24. The number of alkyl halides is 1. The second-order valence-corrected chi connectivity index (χ2v) is 5.22. The maximum Gasteiger partial charge on any atom is 0.273 e. The van der Waals surface area contributed by atoms with Crippen LogP contribution in [0.1, 0.15) is 13.3 Å². The molecule has 0 radical (unpaired) electrons. The second-order valence-electron chi connectivity index (χ2n) is 3.41. The SMILES string of the molecule is C=C/C=N\C1=C(C=C)CCN(C(C)I)C1=O. The number of nitrogens with zero attached hydrogens (tertiary/aromatic N) is 2. The van der Waals surface area contributed by atoms with Crippen molar-refractivity contribution in [2.75, 3.05) is 6.54 Å². The van der Waals surface area contributed by atoms with Gasteiger partial charge in [0.2, 0.25) is 0 Å². The van der Waals surface area contributed by atoms with Crippen LogP contribution < -0.4 is 0 Å². The van der Waals surface area contributed by atoms with Crippen LogP contribution in [-0.2, 0) is 4.79 Å². The van der Waals surface area contributed by atoms with Gasteiger partial charge >= 0.3 is 0 Å². The summed E-state index contributed by atoms with van der Waals surface area (Å²) in [5, 5.41) is 0. The molecule has 0 spiro atoms. The fourth-order valence-electron chi connectivity index (χ4n) is 1.54. The molecular weight excluding hydrogens is 315 g/mol. The number of carbonyl (C=O) groups excluding carboxylic acids is 1. The Labute approximate surface area is 110 Å². The normalized spacial score (nSPS) is 19.1. The summed E-state index contributed by atoms with van der Waals surface area (Å²) in [6.07, 6.45) is 5.63. The molecule has 1 atom stereocenters. The third-order valence-electron chi connectivity index (χ3n) is 2.37. The molecule has 0 saturated carbocycles. The van der Waals surface area contributed by atoms with E-state index in [9.17, 15) is 4.79 Å². The molecule has 0 aliphatic carbocycles. The average Bonchev–Trinajstić information content (AvgIpc) is 2.26. The molecule has 0 bridgehead atoms. The first-order valence-corrected chi connectivity index (χ1v) is 6.32. The minimum absolute atomic E-state index is 0.0267. The zero-order valence-corrected chi connectivity index (χ0v) is 11.5. The summed E-state index contributed by atoms with van der Waals surface area (Å²) in [4.78, 5) is 18.1. The Bertz CT molecular complexity index is 369. The van der Waals surface area contributed by atoms with Gasteiger partial charge in [-0.05, 0) is 18.9 Å². The molecule has 3 nitrogen and oxygen atoms in total. The van der Waals surface area contributed by atoms with Crippen molar-refractivity contribution in [3.63, 3.8) is 0 Å². The number of aliphatic imine (C=N–C) groups is 1.